The molecule has 156 valence electrons. The van der Waals surface area contributed by atoms with E-state index in [1.165, 1.54) is 0 Å². The molecule has 0 saturated heterocycles. The number of pyridine rings is 1. The maximum Gasteiger partial charge on any atom is 0.253 e. The Balaban J connectivity index is 1.82. The van der Waals surface area contributed by atoms with Gasteiger partial charge in [0.2, 0.25) is 0 Å². The van der Waals surface area contributed by atoms with Gasteiger partial charge in [0.05, 0.1) is 31.2 Å². The Morgan fingerprint density at radius 2 is 1.97 bits per heavy atom. The molecule has 0 saturated carbocycles. The van der Waals surface area contributed by atoms with Gasteiger partial charge in [-0.3, -0.25) is 9.78 Å². The van der Waals surface area contributed by atoms with E-state index in [4.69, 9.17) is 14.2 Å². The Morgan fingerprint density at radius 3 is 2.80 bits per heavy atom. The predicted octanol–water partition coefficient (Wildman–Crippen LogP) is 2.99. The van der Waals surface area contributed by atoms with Gasteiger partial charge < -0.3 is 24.5 Å². The zero-order valence-electron chi connectivity index (χ0n) is 17.2. The van der Waals surface area contributed by atoms with E-state index in [-0.39, 0.29) is 5.91 Å². The van der Waals surface area contributed by atoms with E-state index in [0.717, 1.165) is 40.2 Å². The summed E-state index contributed by atoms with van der Waals surface area (Å²) in [5, 5.41) is 2.96. The average molecular weight is 407 g/mol. The number of fused-ring (bicyclic) bond motifs is 1. The fourth-order valence-electron chi connectivity index (χ4n) is 3.83. The van der Waals surface area contributed by atoms with E-state index in [2.05, 4.69) is 15.3 Å². The maximum atomic E-state index is 12.8. The number of methoxy groups -OCH3 is 2. The molecule has 3 heterocycles. The van der Waals surface area contributed by atoms with E-state index < -0.39 is 0 Å². The fraction of sp³-hybridized carbons (Fsp3) is 0.304. The molecular formula is C23H25N3O4. The smallest absolute Gasteiger partial charge is 0.253 e. The molecule has 3 aromatic rings. The van der Waals surface area contributed by atoms with Crippen LogP contribution in [0.4, 0.5) is 0 Å². The summed E-state index contributed by atoms with van der Waals surface area (Å²) in [5.41, 5.74) is 5.33. The molecule has 0 aliphatic carbocycles. The van der Waals surface area contributed by atoms with Gasteiger partial charge in [-0.1, -0.05) is 18.2 Å². The van der Waals surface area contributed by atoms with Crippen molar-refractivity contribution < 1.29 is 19.0 Å². The van der Waals surface area contributed by atoms with Crippen LogP contribution in [0.1, 0.15) is 27.2 Å². The van der Waals surface area contributed by atoms with Gasteiger partial charge in [-0.15, -0.1) is 0 Å². The fourth-order valence-corrected chi connectivity index (χ4v) is 3.83. The molecule has 1 aromatic carbocycles. The lowest BCUT2D eigenvalue weighted by atomic mass is 9.95. The highest BCUT2D eigenvalue weighted by atomic mass is 16.5. The standard InChI is InChI=1S/C23H25N3O4/c1-28-11-12-30-20-14-24-9-7-16(20)22-17(13-15-5-3-4-6-19(15)29-2)21-18(26-22)8-10-25-23(21)27/h3-7,9,14,26H,8,10-13H2,1-2H3,(H,25,27). The van der Waals surface area contributed by atoms with E-state index >= 15 is 0 Å². The lowest BCUT2D eigenvalue weighted by molar-refractivity contribution is 0.0945. The molecule has 2 aromatic heterocycles. The summed E-state index contributed by atoms with van der Waals surface area (Å²) in [5.74, 6) is 1.38. The molecule has 30 heavy (non-hydrogen) atoms. The third-order valence-corrected chi connectivity index (χ3v) is 5.23. The third-order valence-electron chi connectivity index (χ3n) is 5.23. The van der Waals surface area contributed by atoms with Crippen molar-refractivity contribution in [3.8, 4) is 22.8 Å². The Morgan fingerprint density at radius 1 is 1.10 bits per heavy atom. The lowest BCUT2D eigenvalue weighted by Crippen LogP contribution is -2.32. The second-order valence-electron chi connectivity index (χ2n) is 7.04. The zero-order valence-corrected chi connectivity index (χ0v) is 17.2. The number of hydrogen-bond donors (Lipinski definition) is 2. The van der Waals surface area contributed by atoms with Crippen LogP contribution in [-0.2, 0) is 17.6 Å². The van der Waals surface area contributed by atoms with Crippen LogP contribution >= 0.6 is 0 Å². The molecule has 4 rings (SSSR count). The highest BCUT2D eigenvalue weighted by Crippen LogP contribution is 2.37. The SMILES string of the molecule is COCCOc1cnccc1-c1[nH]c2c(c1Cc1ccccc1OC)C(=O)NCC2. The summed E-state index contributed by atoms with van der Waals surface area (Å²) >= 11 is 0. The van der Waals surface area contributed by atoms with Crippen LogP contribution in [0.5, 0.6) is 11.5 Å². The van der Waals surface area contributed by atoms with Crippen LogP contribution in [0.15, 0.2) is 42.7 Å². The molecule has 7 nitrogen and oxygen atoms in total. The van der Waals surface area contributed by atoms with Crippen molar-refractivity contribution in [1.29, 1.82) is 0 Å². The first-order valence-electron chi connectivity index (χ1n) is 9.92. The highest BCUT2D eigenvalue weighted by Gasteiger charge is 2.28. The third kappa shape index (κ3) is 3.89. The molecular weight excluding hydrogens is 382 g/mol. The Kier molecular flexibility index (Phi) is 5.99. The van der Waals surface area contributed by atoms with Crippen molar-refractivity contribution in [2.75, 3.05) is 34.0 Å². The van der Waals surface area contributed by atoms with Gasteiger partial charge in [0.25, 0.3) is 5.91 Å². The van der Waals surface area contributed by atoms with Crippen LogP contribution < -0.4 is 14.8 Å². The molecule has 0 fully saturated rings. The first-order valence-corrected chi connectivity index (χ1v) is 9.92. The van der Waals surface area contributed by atoms with Crippen molar-refractivity contribution in [3.05, 3.63) is 65.1 Å². The van der Waals surface area contributed by atoms with E-state index in [9.17, 15) is 4.79 Å². The van der Waals surface area contributed by atoms with Gasteiger partial charge in [-0.25, -0.2) is 0 Å². The summed E-state index contributed by atoms with van der Waals surface area (Å²) in [7, 11) is 3.29. The summed E-state index contributed by atoms with van der Waals surface area (Å²) < 4.78 is 16.5. The molecule has 1 amide bonds. The van der Waals surface area contributed by atoms with Gasteiger partial charge >= 0.3 is 0 Å². The molecule has 0 atom stereocenters. The quantitative estimate of drug-likeness (QED) is 0.561. The number of para-hydroxylation sites is 1. The molecule has 0 radical (unpaired) electrons. The Labute approximate surface area is 175 Å². The van der Waals surface area contributed by atoms with Crippen LogP contribution in [-0.4, -0.2) is 49.9 Å². The van der Waals surface area contributed by atoms with Crippen molar-refractivity contribution in [2.45, 2.75) is 12.8 Å². The minimum Gasteiger partial charge on any atom is -0.496 e. The second-order valence-corrected chi connectivity index (χ2v) is 7.04. The zero-order chi connectivity index (χ0) is 20.9. The van der Waals surface area contributed by atoms with Gasteiger partial charge in [0.1, 0.15) is 18.1 Å². The topological polar surface area (TPSA) is 85.5 Å². The molecule has 7 heteroatoms. The second kappa shape index (κ2) is 9.00. The van der Waals surface area contributed by atoms with Gasteiger partial charge in [-0.05, 0) is 23.3 Å². The van der Waals surface area contributed by atoms with E-state index in [1.54, 1.807) is 26.6 Å². The number of nitrogens with zero attached hydrogens (tertiary/aromatic N) is 1. The molecule has 0 unspecified atom stereocenters. The number of aromatic nitrogens is 2. The van der Waals surface area contributed by atoms with Crippen molar-refractivity contribution in [2.24, 2.45) is 0 Å². The minimum atomic E-state index is -0.0560. The summed E-state index contributed by atoms with van der Waals surface area (Å²) in [6.07, 6.45) is 4.73. The number of hydrogen-bond acceptors (Lipinski definition) is 5. The number of aromatic amines is 1. The molecule has 1 aliphatic rings. The Bertz CT molecular complexity index is 1040. The molecule has 1 aliphatic heterocycles. The molecule has 2 N–H and O–H groups in total. The first-order chi connectivity index (χ1) is 14.7. The van der Waals surface area contributed by atoms with Crippen molar-refractivity contribution >= 4 is 5.91 Å². The highest BCUT2D eigenvalue weighted by molar-refractivity contribution is 6.00. The number of H-pyrrole nitrogens is 1. The average Bonchev–Trinajstić information content (AvgIpc) is 3.14. The minimum absolute atomic E-state index is 0.0560. The normalized spacial score (nSPS) is 12.9. The number of ether oxygens (including phenoxy) is 3. The van der Waals surface area contributed by atoms with Crippen LogP contribution in [0, 0.1) is 0 Å². The van der Waals surface area contributed by atoms with Crippen LogP contribution in [0.2, 0.25) is 0 Å². The summed E-state index contributed by atoms with van der Waals surface area (Å²) in [6.45, 7) is 1.51. The monoisotopic (exact) mass is 407 g/mol. The summed E-state index contributed by atoms with van der Waals surface area (Å²) in [4.78, 5) is 20.5. The number of rotatable bonds is 8. The van der Waals surface area contributed by atoms with Crippen molar-refractivity contribution in [1.82, 2.24) is 15.3 Å². The van der Waals surface area contributed by atoms with E-state index in [0.29, 0.717) is 37.5 Å². The predicted molar refractivity (Wildman–Crippen MR) is 113 cm³/mol. The van der Waals surface area contributed by atoms with Gasteiger partial charge in [-0.2, -0.15) is 0 Å². The largest absolute Gasteiger partial charge is 0.496 e. The lowest BCUT2D eigenvalue weighted by Gasteiger charge is -2.15. The van der Waals surface area contributed by atoms with Crippen LogP contribution in [0.25, 0.3) is 11.3 Å². The van der Waals surface area contributed by atoms with E-state index in [1.807, 2.05) is 30.3 Å². The number of amides is 1. The summed E-state index contributed by atoms with van der Waals surface area (Å²) in [6, 6.07) is 9.77. The van der Waals surface area contributed by atoms with Crippen molar-refractivity contribution in [3.63, 3.8) is 0 Å². The molecule has 0 bridgehead atoms. The van der Waals surface area contributed by atoms with Crippen LogP contribution in [0.3, 0.4) is 0 Å². The maximum absolute atomic E-state index is 12.8. The van der Waals surface area contributed by atoms with Gasteiger partial charge in [0, 0.05) is 44.0 Å². The number of benzene rings is 1. The number of carbonyl (C=O) groups is 1. The van der Waals surface area contributed by atoms with Gasteiger partial charge in [0.15, 0.2) is 0 Å². The molecule has 0 spiro atoms. The Hall–Kier alpha value is -3.32. The number of nitrogens with one attached hydrogen (secondary N) is 2. The number of carbonyl (C=O) groups excluding carboxylic acids is 1. The first kappa shape index (κ1) is 20.0.